The normalized spacial score (nSPS) is 16.4. The van der Waals surface area contributed by atoms with E-state index in [1.54, 1.807) is 18.1 Å². The molecule has 9 heteroatoms. The van der Waals surface area contributed by atoms with Crippen molar-refractivity contribution >= 4 is 38.6 Å². The maximum atomic E-state index is 14.3. The number of nitrogens with one attached hydrogen (secondary N) is 1. The number of ether oxygens (including phenoxy) is 2. The van der Waals surface area contributed by atoms with E-state index in [0.717, 1.165) is 28.3 Å². The van der Waals surface area contributed by atoms with Crippen molar-refractivity contribution in [1.29, 1.82) is 0 Å². The number of aromatic nitrogens is 2. The number of carbonyl (C=O) groups is 1. The van der Waals surface area contributed by atoms with Gasteiger partial charge in [0.1, 0.15) is 22.9 Å². The number of anilines is 1. The number of amides is 1. The molecule has 0 bridgehead atoms. The Kier molecular flexibility index (Phi) is 6.93. The molecule has 0 radical (unpaired) electrons. The molecule has 3 aromatic rings. The average Bonchev–Trinajstić information content (AvgIpc) is 2.78. The molecule has 1 saturated heterocycles. The van der Waals surface area contributed by atoms with E-state index in [2.05, 4.69) is 31.4 Å². The number of likely N-dealkylation sites (tertiary alicyclic amines) is 1. The summed E-state index contributed by atoms with van der Waals surface area (Å²) in [5.41, 5.74) is 0.805. The minimum Gasteiger partial charge on any atom is -0.496 e. The van der Waals surface area contributed by atoms with Gasteiger partial charge in [0.15, 0.2) is 5.82 Å². The molecule has 180 valence electrons. The van der Waals surface area contributed by atoms with E-state index in [-0.39, 0.29) is 18.0 Å². The second kappa shape index (κ2) is 9.74. The van der Waals surface area contributed by atoms with Crippen LogP contribution in [0.1, 0.15) is 33.6 Å². The molecule has 0 saturated carbocycles. The van der Waals surface area contributed by atoms with Crippen molar-refractivity contribution in [2.45, 2.75) is 45.3 Å². The molecule has 1 aliphatic heterocycles. The van der Waals surface area contributed by atoms with Crippen molar-refractivity contribution in [2.24, 2.45) is 0 Å². The topological polar surface area (TPSA) is 76.6 Å². The van der Waals surface area contributed by atoms with Crippen molar-refractivity contribution in [3.63, 3.8) is 0 Å². The SMILES string of the molecule is COc1cc(Br)ccc1-c1nnc(NC2CCCN(C(=O)OC(C)(C)C)C2)c2cc(F)ccc12. The molecule has 1 N–H and O–H groups in total. The molecule has 1 aromatic heterocycles. The highest BCUT2D eigenvalue weighted by molar-refractivity contribution is 9.10. The first-order valence-corrected chi connectivity index (χ1v) is 12.0. The zero-order chi connectivity index (χ0) is 24.5. The molecule has 1 aliphatic rings. The Morgan fingerprint density at radius 3 is 2.71 bits per heavy atom. The Morgan fingerprint density at radius 1 is 1.18 bits per heavy atom. The predicted octanol–water partition coefficient (Wildman–Crippen LogP) is 6.02. The first kappa shape index (κ1) is 24.2. The van der Waals surface area contributed by atoms with E-state index in [4.69, 9.17) is 9.47 Å². The number of piperidine rings is 1. The summed E-state index contributed by atoms with van der Waals surface area (Å²) in [6.07, 6.45) is 1.34. The Balaban J connectivity index is 1.65. The third kappa shape index (κ3) is 5.41. The summed E-state index contributed by atoms with van der Waals surface area (Å²) in [7, 11) is 1.59. The van der Waals surface area contributed by atoms with Crippen LogP contribution in [-0.2, 0) is 4.74 Å². The molecule has 1 unspecified atom stereocenters. The molecular formula is C25H28BrFN4O3. The number of rotatable bonds is 4. The minimum absolute atomic E-state index is 0.0601. The summed E-state index contributed by atoms with van der Waals surface area (Å²) < 4.78 is 26.2. The standard InChI is InChI=1S/C25H28BrFN4O3/c1-25(2,3)34-24(32)31-11-5-6-17(14-31)28-23-20-13-16(27)8-10-18(20)22(29-30-23)19-9-7-15(26)12-21(19)33-4/h7-10,12-13,17H,5-6,11,14H2,1-4H3,(H,28,30). The summed E-state index contributed by atoms with van der Waals surface area (Å²) in [4.78, 5) is 14.2. The third-order valence-electron chi connectivity index (χ3n) is 5.57. The van der Waals surface area contributed by atoms with Gasteiger partial charge in [-0.25, -0.2) is 9.18 Å². The number of carbonyl (C=O) groups excluding carboxylic acids is 1. The van der Waals surface area contributed by atoms with Gasteiger partial charge in [0.25, 0.3) is 0 Å². The molecule has 1 amide bonds. The van der Waals surface area contributed by atoms with Crippen LogP contribution in [0.4, 0.5) is 15.0 Å². The molecule has 0 aliphatic carbocycles. The van der Waals surface area contributed by atoms with Crippen LogP contribution in [0.3, 0.4) is 0 Å². The smallest absolute Gasteiger partial charge is 0.410 e. The lowest BCUT2D eigenvalue weighted by atomic mass is 10.0. The van der Waals surface area contributed by atoms with Crippen LogP contribution in [0.2, 0.25) is 0 Å². The fraction of sp³-hybridized carbons (Fsp3) is 0.400. The molecule has 1 atom stereocenters. The first-order valence-electron chi connectivity index (χ1n) is 11.2. The number of fused-ring (bicyclic) bond motifs is 1. The Labute approximate surface area is 206 Å². The van der Waals surface area contributed by atoms with E-state index in [9.17, 15) is 9.18 Å². The fourth-order valence-corrected chi connectivity index (χ4v) is 4.41. The van der Waals surface area contributed by atoms with Gasteiger partial charge in [0, 0.05) is 39.9 Å². The zero-order valence-electron chi connectivity index (χ0n) is 19.7. The second-order valence-corrected chi connectivity index (χ2v) is 10.3. The maximum Gasteiger partial charge on any atom is 0.410 e. The Morgan fingerprint density at radius 2 is 1.97 bits per heavy atom. The lowest BCUT2D eigenvalue weighted by molar-refractivity contribution is 0.0206. The molecule has 4 rings (SSSR count). The molecule has 1 fully saturated rings. The van der Waals surface area contributed by atoms with Gasteiger partial charge < -0.3 is 19.7 Å². The number of hydrogen-bond acceptors (Lipinski definition) is 6. The second-order valence-electron chi connectivity index (χ2n) is 9.34. The molecular weight excluding hydrogens is 503 g/mol. The Hall–Kier alpha value is -2.94. The monoisotopic (exact) mass is 530 g/mol. The summed E-state index contributed by atoms with van der Waals surface area (Å²) >= 11 is 3.45. The quantitative estimate of drug-likeness (QED) is 0.444. The van der Waals surface area contributed by atoms with Crippen molar-refractivity contribution in [3.8, 4) is 17.0 Å². The number of halogens is 2. The summed E-state index contributed by atoms with van der Waals surface area (Å²) in [5, 5.41) is 13.6. The van der Waals surface area contributed by atoms with Gasteiger partial charge in [0.05, 0.1) is 7.11 Å². The van der Waals surface area contributed by atoms with Crippen molar-refractivity contribution in [1.82, 2.24) is 15.1 Å². The highest BCUT2D eigenvalue weighted by Gasteiger charge is 2.28. The van der Waals surface area contributed by atoms with Crippen LogP contribution >= 0.6 is 15.9 Å². The van der Waals surface area contributed by atoms with E-state index in [0.29, 0.717) is 35.7 Å². The van der Waals surface area contributed by atoms with Crippen LogP contribution in [0, 0.1) is 5.82 Å². The van der Waals surface area contributed by atoms with Gasteiger partial charge >= 0.3 is 6.09 Å². The van der Waals surface area contributed by atoms with Gasteiger partial charge in [-0.2, -0.15) is 0 Å². The minimum atomic E-state index is -0.555. The van der Waals surface area contributed by atoms with Crippen LogP contribution in [0.25, 0.3) is 22.0 Å². The maximum absolute atomic E-state index is 14.3. The largest absolute Gasteiger partial charge is 0.496 e. The molecule has 2 aromatic carbocycles. The highest BCUT2D eigenvalue weighted by Crippen LogP contribution is 2.37. The lowest BCUT2D eigenvalue weighted by Gasteiger charge is -2.34. The number of methoxy groups -OCH3 is 1. The van der Waals surface area contributed by atoms with Gasteiger partial charge in [-0.15, -0.1) is 10.2 Å². The average molecular weight is 531 g/mol. The van der Waals surface area contributed by atoms with Gasteiger partial charge in [-0.1, -0.05) is 15.9 Å². The Bertz CT molecular complexity index is 1210. The summed E-state index contributed by atoms with van der Waals surface area (Å²) in [6, 6.07) is 10.1. The van der Waals surface area contributed by atoms with Crippen LogP contribution in [0.5, 0.6) is 5.75 Å². The predicted molar refractivity (Wildman–Crippen MR) is 134 cm³/mol. The highest BCUT2D eigenvalue weighted by atomic mass is 79.9. The molecule has 0 spiro atoms. The van der Waals surface area contributed by atoms with E-state index < -0.39 is 5.60 Å². The lowest BCUT2D eigenvalue weighted by Crippen LogP contribution is -2.47. The van der Waals surface area contributed by atoms with Gasteiger partial charge in [-0.05, 0) is 70.0 Å². The molecule has 34 heavy (non-hydrogen) atoms. The zero-order valence-corrected chi connectivity index (χ0v) is 21.3. The number of benzene rings is 2. The van der Waals surface area contributed by atoms with Gasteiger partial charge in [0.2, 0.25) is 0 Å². The summed E-state index contributed by atoms with van der Waals surface area (Å²) in [6.45, 7) is 6.65. The van der Waals surface area contributed by atoms with E-state index in [1.165, 1.54) is 12.1 Å². The van der Waals surface area contributed by atoms with Crippen LogP contribution in [-0.4, -0.2) is 53.0 Å². The van der Waals surface area contributed by atoms with Gasteiger partial charge in [-0.3, -0.25) is 0 Å². The van der Waals surface area contributed by atoms with E-state index in [1.807, 2.05) is 39.0 Å². The van der Waals surface area contributed by atoms with Crippen molar-refractivity contribution < 1.29 is 18.7 Å². The van der Waals surface area contributed by atoms with Crippen molar-refractivity contribution in [2.75, 3.05) is 25.5 Å². The van der Waals surface area contributed by atoms with Crippen LogP contribution < -0.4 is 10.1 Å². The third-order valence-corrected chi connectivity index (χ3v) is 6.07. The number of hydrogen-bond donors (Lipinski definition) is 1. The summed E-state index contributed by atoms with van der Waals surface area (Å²) in [5.74, 6) is 0.747. The van der Waals surface area contributed by atoms with E-state index >= 15 is 0 Å². The molecule has 2 heterocycles. The van der Waals surface area contributed by atoms with Crippen molar-refractivity contribution in [3.05, 3.63) is 46.7 Å². The molecule has 7 nitrogen and oxygen atoms in total. The first-order chi connectivity index (χ1) is 16.1. The van der Waals surface area contributed by atoms with Crippen LogP contribution in [0.15, 0.2) is 40.9 Å². The number of nitrogens with zero attached hydrogens (tertiary/aromatic N) is 3. The fourth-order valence-electron chi connectivity index (χ4n) is 4.07.